The summed E-state index contributed by atoms with van der Waals surface area (Å²) in [6, 6.07) is 2.81. The highest BCUT2D eigenvalue weighted by Crippen LogP contribution is 2.19. The van der Waals surface area contributed by atoms with Crippen LogP contribution < -0.4 is 21.7 Å². The van der Waals surface area contributed by atoms with Gasteiger partial charge in [0, 0.05) is 23.5 Å². The van der Waals surface area contributed by atoms with Gasteiger partial charge >= 0.3 is 5.97 Å². The van der Waals surface area contributed by atoms with Crippen LogP contribution in [0.2, 0.25) is 0 Å². The maximum Gasteiger partial charge on any atom is 0.326 e. The number of para-hydroxylation sites is 1. The van der Waals surface area contributed by atoms with Crippen LogP contribution in [0.4, 0.5) is 0 Å². The number of amides is 3. The number of aromatic amines is 1. The van der Waals surface area contributed by atoms with Gasteiger partial charge in [0.15, 0.2) is 0 Å². The van der Waals surface area contributed by atoms with Crippen molar-refractivity contribution in [3.05, 3.63) is 36.0 Å². The molecule has 1 aromatic heterocycles. The zero-order chi connectivity index (χ0) is 27.9. The predicted octanol–water partition coefficient (Wildman–Crippen LogP) is 0.660. The topological polar surface area (TPSA) is 187 Å². The van der Waals surface area contributed by atoms with E-state index in [-0.39, 0.29) is 24.7 Å². The number of carbonyl (C=O) groups is 4. The lowest BCUT2D eigenvalue weighted by molar-refractivity contribution is -0.143. The number of nitrogens with two attached hydrogens (primary N) is 1. The highest BCUT2D eigenvalue weighted by atomic mass is 16.4. The van der Waals surface area contributed by atoms with Crippen LogP contribution in [-0.2, 0) is 25.6 Å². The van der Waals surface area contributed by atoms with E-state index in [2.05, 4.69) is 20.9 Å². The second kappa shape index (κ2) is 13.2. The molecule has 0 bridgehead atoms. The molecule has 3 amide bonds. The van der Waals surface area contributed by atoms with E-state index < -0.39 is 54.0 Å². The molecule has 11 nitrogen and oxygen atoms in total. The zero-order valence-electron chi connectivity index (χ0n) is 21.9. The third-order valence-electron chi connectivity index (χ3n) is 6.14. The molecule has 11 heteroatoms. The summed E-state index contributed by atoms with van der Waals surface area (Å²) in [7, 11) is 0. The van der Waals surface area contributed by atoms with Crippen molar-refractivity contribution in [1.29, 1.82) is 0 Å². The molecule has 0 saturated heterocycles. The average Bonchev–Trinajstić information content (AvgIpc) is 3.22. The highest BCUT2D eigenvalue weighted by molar-refractivity contribution is 5.94. The Bertz CT molecular complexity index is 1100. The maximum atomic E-state index is 13.1. The van der Waals surface area contributed by atoms with Crippen LogP contribution in [0.15, 0.2) is 30.5 Å². The van der Waals surface area contributed by atoms with Crippen molar-refractivity contribution in [2.24, 2.45) is 17.6 Å². The van der Waals surface area contributed by atoms with Crippen molar-refractivity contribution in [2.45, 2.75) is 77.7 Å². The molecule has 0 fully saturated rings. The van der Waals surface area contributed by atoms with Gasteiger partial charge in [-0.1, -0.05) is 45.9 Å². The van der Waals surface area contributed by atoms with Crippen molar-refractivity contribution in [3.8, 4) is 0 Å². The third kappa shape index (κ3) is 8.29. The van der Waals surface area contributed by atoms with Crippen LogP contribution in [0.1, 0.15) is 46.6 Å². The van der Waals surface area contributed by atoms with E-state index in [0.29, 0.717) is 5.56 Å². The van der Waals surface area contributed by atoms with E-state index in [1.54, 1.807) is 20.0 Å². The Labute approximate surface area is 216 Å². The van der Waals surface area contributed by atoms with Crippen molar-refractivity contribution >= 4 is 34.6 Å². The molecular formula is C26H39N5O6. The zero-order valence-corrected chi connectivity index (χ0v) is 21.9. The Hall–Kier alpha value is -3.44. The number of fused-ring (bicyclic) bond motifs is 1. The van der Waals surface area contributed by atoms with Crippen molar-refractivity contribution in [1.82, 2.24) is 20.9 Å². The lowest BCUT2D eigenvalue weighted by Crippen LogP contribution is -2.60. The summed E-state index contributed by atoms with van der Waals surface area (Å²) in [4.78, 5) is 53.6. The molecule has 0 aliphatic heterocycles. The van der Waals surface area contributed by atoms with Gasteiger partial charge in [-0.25, -0.2) is 4.79 Å². The summed E-state index contributed by atoms with van der Waals surface area (Å²) in [6.45, 7) is 8.62. The van der Waals surface area contributed by atoms with Crippen molar-refractivity contribution < 1.29 is 29.4 Å². The summed E-state index contributed by atoms with van der Waals surface area (Å²) >= 11 is 0. The van der Waals surface area contributed by atoms with E-state index in [4.69, 9.17) is 5.73 Å². The summed E-state index contributed by atoms with van der Waals surface area (Å²) in [5.74, 6) is -3.42. The summed E-state index contributed by atoms with van der Waals surface area (Å²) in [5, 5.41) is 28.4. The third-order valence-corrected chi connectivity index (χ3v) is 6.14. The van der Waals surface area contributed by atoms with E-state index in [1.807, 2.05) is 38.1 Å². The number of carboxylic acids is 1. The Kier molecular flexibility index (Phi) is 10.6. The number of hydrogen-bond acceptors (Lipinski definition) is 6. The van der Waals surface area contributed by atoms with Gasteiger partial charge < -0.3 is 36.9 Å². The van der Waals surface area contributed by atoms with Crippen LogP contribution in [0.3, 0.4) is 0 Å². The van der Waals surface area contributed by atoms with Gasteiger partial charge in [-0.05, 0) is 36.8 Å². The van der Waals surface area contributed by atoms with Gasteiger partial charge in [0.25, 0.3) is 0 Å². The maximum absolute atomic E-state index is 13.1. The molecular weight excluding hydrogens is 478 g/mol. The lowest BCUT2D eigenvalue weighted by atomic mass is 9.99. The molecule has 37 heavy (non-hydrogen) atoms. The van der Waals surface area contributed by atoms with Gasteiger partial charge in [0.2, 0.25) is 17.7 Å². The fourth-order valence-corrected chi connectivity index (χ4v) is 3.91. The summed E-state index contributed by atoms with van der Waals surface area (Å²) in [6.07, 6.45) is 0.612. The second-order valence-electron chi connectivity index (χ2n) is 10.2. The Balaban J connectivity index is 2.16. The van der Waals surface area contributed by atoms with Gasteiger partial charge in [0.05, 0.1) is 12.1 Å². The number of aliphatic hydroxyl groups is 1. The first-order chi connectivity index (χ1) is 17.3. The molecule has 5 unspecified atom stereocenters. The molecule has 2 rings (SSSR count). The Morgan fingerprint density at radius 2 is 1.54 bits per heavy atom. The van der Waals surface area contributed by atoms with Gasteiger partial charge in [0.1, 0.15) is 18.1 Å². The number of aliphatic hydroxyl groups excluding tert-OH is 1. The minimum atomic E-state index is -1.44. The molecule has 0 radical (unpaired) electrons. The Morgan fingerprint density at radius 3 is 2.11 bits per heavy atom. The lowest BCUT2D eigenvalue weighted by Gasteiger charge is -2.27. The molecule has 0 spiro atoms. The number of carboxylic acid groups (broad SMARTS) is 1. The monoisotopic (exact) mass is 517 g/mol. The number of carbonyl (C=O) groups excluding carboxylic acids is 3. The van der Waals surface area contributed by atoms with Crippen LogP contribution >= 0.6 is 0 Å². The normalized spacial score (nSPS) is 15.6. The molecule has 1 aromatic carbocycles. The minimum Gasteiger partial charge on any atom is -0.480 e. The predicted molar refractivity (Wildman–Crippen MR) is 139 cm³/mol. The molecule has 0 aliphatic rings. The smallest absolute Gasteiger partial charge is 0.326 e. The number of nitrogens with one attached hydrogen (secondary N) is 4. The Morgan fingerprint density at radius 1 is 0.919 bits per heavy atom. The van der Waals surface area contributed by atoms with E-state index in [1.165, 1.54) is 6.92 Å². The van der Waals surface area contributed by atoms with Crippen LogP contribution in [0.25, 0.3) is 10.9 Å². The number of benzene rings is 1. The summed E-state index contributed by atoms with van der Waals surface area (Å²) in [5.41, 5.74) is 7.43. The number of rotatable bonds is 13. The van der Waals surface area contributed by atoms with E-state index >= 15 is 0 Å². The molecule has 204 valence electrons. The molecule has 5 atom stereocenters. The highest BCUT2D eigenvalue weighted by Gasteiger charge is 2.33. The minimum absolute atomic E-state index is 0.00924. The molecule has 0 saturated carbocycles. The van der Waals surface area contributed by atoms with Crippen molar-refractivity contribution in [2.75, 3.05) is 0 Å². The SMILES string of the molecule is CC(C)CC(NC(=O)C(N)C(C)C)C(=O)NC(C(=O)NC(Cc1c[nH]c2ccccc12)C(=O)O)C(C)O. The number of hydrogen-bond donors (Lipinski definition) is 7. The standard InChI is InChI=1S/C26H39N5O6/c1-13(2)10-19(29-24(34)21(27)14(3)4)23(33)31-22(15(5)32)25(35)30-20(26(36)37)11-16-12-28-18-9-7-6-8-17(16)18/h6-9,12-15,19-22,28,32H,10-11,27H2,1-5H3,(H,29,34)(H,30,35)(H,31,33)(H,36,37). The number of aliphatic carboxylic acids is 1. The van der Waals surface area contributed by atoms with E-state index in [0.717, 1.165) is 10.9 Å². The van der Waals surface area contributed by atoms with Crippen LogP contribution in [-0.4, -0.2) is 69.2 Å². The fraction of sp³-hybridized carbons (Fsp3) is 0.538. The van der Waals surface area contributed by atoms with Crippen LogP contribution in [0, 0.1) is 11.8 Å². The average molecular weight is 518 g/mol. The summed E-state index contributed by atoms with van der Waals surface area (Å²) < 4.78 is 0. The molecule has 1 heterocycles. The van der Waals surface area contributed by atoms with Crippen molar-refractivity contribution in [3.63, 3.8) is 0 Å². The van der Waals surface area contributed by atoms with Gasteiger partial charge in [-0.15, -0.1) is 0 Å². The molecule has 0 aliphatic carbocycles. The number of H-pyrrole nitrogens is 1. The molecule has 8 N–H and O–H groups in total. The first-order valence-electron chi connectivity index (χ1n) is 12.4. The van der Waals surface area contributed by atoms with Crippen LogP contribution in [0.5, 0.6) is 0 Å². The van der Waals surface area contributed by atoms with Gasteiger partial charge in [-0.2, -0.15) is 0 Å². The number of aromatic nitrogens is 1. The quantitative estimate of drug-likeness (QED) is 0.203. The molecule has 2 aromatic rings. The first-order valence-corrected chi connectivity index (χ1v) is 12.4. The fourth-order valence-electron chi connectivity index (χ4n) is 3.91. The largest absolute Gasteiger partial charge is 0.480 e. The van der Waals surface area contributed by atoms with Gasteiger partial charge in [-0.3, -0.25) is 14.4 Å². The van der Waals surface area contributed by atoms with E-state index in [9.17, 15) is 29.4 Å². The second-order valence-corrected chi connectivity index (χ2v) is 10.2. The first kappa shape index (κ1) is 29.8.